The molecule has 0 saturated heterocycles. The van der Waals surface area contributed by atoms with Gasteiger partial charge >= 0.3 is 6.18 Å². The number of nitrogens with one attached hydrogen (secondary N) is 1. The van der Waals surface area contributed by atoms with E-state index in [0.717, 1.165) is 29.1 Å². The predicted molar refractivity (Wildman–Crippen MR) is 92.9 cm³/mol. The highest BCUT2D eigenvalue weighted by atomic mass is 32.2. The molecule has 9 heteroatoms. The van der Waals surface area contributed by atoms with Crippen LogP contribution in [0.2, 0.25) is 0 Å². The maximum absolute atomic E-state index is 12.5. The van der Waals surface area contributed by atoms with E-state index in [1.807, 2.05) is 17.5 Å². The van der Waals surface area contributed by atoms with Crippen molar-refractivity contribution in [3.05, 3.63) is 70.8 Å². The quantitative estimate of drug-likeness (QED) is 0.654. The second kappa shape index (κ2) is 7.26. The molecule has 0 spiro atoms. The van der Waals surface area contributed by atoms with Crippen LogP contribution in [0, 0.1) is 0 Å². The van der Waals surface area contributed by atoms with Crippen molar-refractivity contribution in [1.29, 1.82) is 0 Å². The number of rotatable bonds is 6. The van der Waals surface area contributed by atoms with E-state index in [2.05, 4.69) is 4.72 Å². The van der Waals surface area contributed by atoms with Crippen molar-refractivity contribution >= 4 is 21.4 Å². The highest BCUT2D eigenvalue weighted by Gasteiger charge is 2.30. The van der Waals surface area contributed by atoms with Gasteiger partial charge in [-0.15, -0.1) is 11.3 Å². The molecule has 1 aromatic carbocycles. The van der Waals surface area contributed by atoms with Crippen LogP contribution in [0.3, 0.4) is 0 Å². The maximum Gasteiger partial charge on any atom is 0.416 e. The Balaban J connectivity index is 1.61. The Morgan fingerprint density at radius 3 is 2.38 bits per heavy atom. The summed E-state index contributed by atoms with van der Waals surface area (Å²) >= 11 is 1.51. The molecule has 4 nitrogen and oxygen atoms in total. The van der Waals surface area contributed by atoms with Crippen molar-refractivity contribution in [1.82, 2.24) is 4.72 Å². The summed E-state index contributed by atoms with van der Waals surface area (Å²) in [5.41, 5.74) is -0.549. The monoisotopic (exact) mass is 401 g/mol. The van der Waals surface area contributed by atoms with Gasteiger partial charge in [0.2, 0.25) is 10.0 Å². The predicted octanol–water partition coefficient (Wildman–Crippen LogP) is 4.65. The fraction of sp³-hybridized carbons (Fsp3) is 0.176. The van der Waals surface area contributed by atoms with Gasteiger partial charge in [0, 0.05) is 0 Å². The van der Waals surface area contributed by atoms with Crippen LogP contribution in [0.15, 0.2) is 58.3 Å². The van der Waals surface area contributed by atoms with Gasteiger partial charge in [0.15, 0.2) is 0 Å². The van der Waals surface area contributed by atoms with Crippen LogP contribution in [-0.4, -0.2) is 8.42 Å². The molecule has 2 heterocycles. The number of thiophene rings is 1. The Labute approximate surface area is 152 Å². The number of benzene rings is 1. The average Bonchev–Trinajstić information content (AvgIpc) is 3.24. The summed E-state index contributed by atoms with van der Waals surface area (Å²) in [5.74, 6) is 0.685. The number of sulfonamides is 1. The molecule has 1 N–H and O–H groups in total. The zero-order valence-corrected chi connectivity index (χ0v) is 14.9. The summed E-state index contributed by atoms with van der Waals surface area (Å²) in [6.07, 6.45) is -4.45. The minimum absolute atomic E-state index is 0.0334. The fourth-order valence-corrected chi connectivity index (χ4v) is 4.05. The maximum atomic E-state index is 12.5. The normalized spacial score (nSPS) is 12.4. The van der Waals surface area contributed by atoms with E-state index in [-0.39, 0.29) is 12.1 Å². The van der Waals surface area contributed by atoms with Crippen molar-refractivity contribution in [2.45, 2.75) is 18.5 Å². The zero-order chi connectivity index (χ0) is 18.8. The molecule has 0 radical (unpaired) electrons. The molecule has 0 fully saturated rings. The van der Waals surface area contributed by atoms with Crippen molar-refractivity contribution in [3.63, 3.8) is 0 Å². The summed E-state index contributed by atoms with van der Waals surface area (Å²) in [7, 11) is -3.71. The number of alkyl halides is 3. The number of hydrogen-bond acceptors (Lipinski definition) is 4. The standard InChI is InChI=1S/C17H14F3NO3S2/c18-17(19,20)13-5-3-12(4-6-13)11-26(22,23)21-10-14-7-8-15(24-14)16-2-1-9-25-16/h1-9,21H,10-11H2. The molecular weight excluding hydrogens is 387 g/mol. The summed E-state index contributed by atoms with van der Waals surface area (Å²) in [6, 6.07) is 11.3. The van der Waals surface area contributed by atoms with Gasteiger partial charge in [-0.1, -0.05) is 18.2 Å². The topological polar surface area (TPSA) is 59.3 Å². The minimum Gasteiger partial charge on any atom is -0.459 e. The smallest absolute Gasteiger partial charge is 0.416 e. The number of halogens is 3. The Kier molecular flexibility index (Phi) is 5.22. The van der Waals surface area contributed by atoms with Crippen LogP contribution in [0.4, 0.5) is 13.2 Å². The van der Waals surface area contributed by atoms with Gasteiger partial charge in [0.05, 0.1) is 22.7 Å². The molecule has 0 unspecified atom stereocenters. The Bertz CT molecular complexity index is 960. The van der Waals surface area contributed by atoms with Gasteiger partial charge in [-0.3, -0.25) is 0 Å². The van der Waals surface area contributed by atoms with Crippen LogP contribution < -0.4 is 4.72 Å². The van der Waals surface area contributed by atoms with Crippen LogP contribution in [0.1, 0.15) is 16.9 Å². The molecule has 138 valence electrons. The molecule has 0 aliphatic rings. The molecule has 0 saturated carbocycles. The van der Waals surface area contributed by atoms with E-state index in [4.69, 9.17) is 4.42 Å². The highest BCUT2D eigenvalue weighted by molar-refractivity contribution is 7.88. The van der Waals surface area contributed by atoms with E-state index in [0.29, 0.717) is 11.5 Å². The molecule has 0 atom stereocenters. The van der Waals surface area contributed by atoms with Gasteiger partial charge < -0.3 is 4.42 Å². The Morgan fingerprint density at radius 1 is 1.04 bits per heavy atom. The Morgan fingerprint density at radius 2 is 1.77 bits per heavy atom. The number of furan rings is 1. The van der Waals surface area contributed by atoms with Gasteiger partial charge in [0.1, 0.15) is 11.5 Å². The van der Waals surface area contributed by atoms with E-state index >= 15 is 0 Å². The van der Waals surface area contributed by atoms with Crippen molar-refractivity contribution in [3.8, 4) is 10.6 Å². The molecule has 3 rings (SSSR count). The van der Waals surface area contributed by atoms with Crippen molar-refractivity contribution < 1.29 is 26.0 Å². The lowest BCUT2D eigenvalue weighted by atomic mass is 10.1. The third-order valence-electron chi connectivity index (χ3n) is 3.53. The second-order valence-corrected chi connectivity index (χ2v) is 8.27. The Hall–Kier alpha value is -2.10. The molecule has 0 bridgehead atoms. The molecule has 0 aliphatic carbocycles. The number of hydrogen-bond donors (Lipinski definition) is 1. The van der Waals surface area contributed by atoms with E-state index in [9.17, 15) is 21.6 Å². The van der Waals surface area contributed by atoms with Crippen LogP contribution in [0.5, 0.6) is 0 Å². The first-order valence-electron chi connectivity index (χ1n) is 7.49. The lowest BCUT2D eigenvalue weighted by Gasteiger charge is -2.08. The first-order valence-corrected chi connectivity index (χ1v) is 10.0. The van der Waals surface area contributed by atoms with Crippen molar-refractivity contribution in [2.24, 2.45) is 0 Å². The van der Waals surface area contributed by atoms with Crippen LogP contribution in [0.25, 0.3) is 10.6 Å². The van der Waals surface area contributed by atoms with E-state index in [1.165, 1.54) is 11.3 Å². The van der Waals surface area contributed by atoms with Gasteiger partial charge in [-0.25, -0.2) is 13.1 Å². The third kappa shape index (κ3) is 4.75. The van der Waals surface area contributed by atoms with Gasteiger partial charge in [-0.05, 0) is 41.3 Å². The summed E-state index contributed by atoms with van der Waals surface area (Å²) in [4.78, 5) is 0.934. The van der Waals surface area contributed by atoms with Crippen molar-refractivity contribution in [2.75, 3.05) is 0 Å². The lowest BCUT2D eigenvalue weighted by molar-refractivity contribution is -0.137. The highest BCUT2D eigenvalue weighted by Crippen LogP contribution is 2.29. The molecule has 3 aromatic rings. The summed E-state index contributed by atoms with van der Waals surface area (Å²) < 4.78 is 69.8. The SMILES string of the molecule is O=S(=O)(Cc1ccc(C(F)(F)F)cc1)NCc1ccc(-c2cccs2)o1. The summed E-state index contributed by atoms with van der Waals surface area (Å²) in [6.45, 7) is -0.0334. The third-order valence-corrected chi connectivity index (χ3v) is 5.71. The van der Waals surface area contributed by atoms with Gasteiger partial charge in [0.25, 0.3) is 0 Å². The largest absolute Gasteiger partial charge is 0.459 e. The average molecular weight is 401 g/mol. The first-order chi connectivity index (χ1) is 12.2. The molecule has 0 amide bonds. The first kappa shape index (κ1) is 18.7. The van der Waals surface area contributed by atoms with Gasteiger partial charge in [-0.2, -0.15) is 13.2 Å². The van der Waals surface area contributed by atoms with Crippen LogP contribution in [-0.2, 0) is 28.5 Å². The summed E-state index contributed by atoms with van der Waals surface area (Å²) in [5, 5.41) is 1.91. The molecular formula is C17H14F3NO3S2. The minimum atomic E-state index is -4.45. The molecule has 0 aliphatic heterocycles. The zero-order valence-electron chi connectivity index (χ0n) is 13.3. The van der Waals surface area contributed by atoms with E-state index in [1.54, 1.807) is 12.1 Å². The van der Waals surface area contributed by atoms with E-state index < -0.39 is 27.5 Å². The molecule has 2 aromatic heterocycles. The fourth-order valence-electron chi connectivity index (χ4n) is 2.27. The van der Waals surface area contributed by atoms with Crippen LogP contribution >= 0.6 is 11.3 Å². The molecule has 26 heavy (non-hydrogen) atoms. The second-order valence-electron chi connectivity index (χ2n) is 5.52. The lowest BCUT2D eigenvalue weighted by Crippen LogP contribution is -2.24.